The Kier molecular flexibility index (Phi) is 6.02. The number of allylic oxidation sites excluding steroid dienone is 1. The lowest BCUT2D eigenvalue weighted by Gasteiger charge is -2.30. The number of fused-ring (bicyclic) bond motifs is 3. The molecule has 0 radical (unpaired) electrons. The highest BCUT2D eigenvalue weighted by Gasteiger charge is 2.32. The van der Waals surface area contributed by atoms with Gasteiger partial charge in [-0.1, -0.05) is 75.8 Å². The van der Waals surface area contributed by atoms with E-state index in [1.54, 1.807) is 30.3 Å². The SMILES string of the molecule is O=C(O)c1ccc(-c2ccc(/C=c3\sc4n(c3=O)[C@@H](c3ccc(Br)cc3)C3=C(N=4)c4ccccc4CC3)o2)cc1. The van der Waals surface area contributed by atoms with Crippen LogP contribution in [-0.2, 0) is 6.42 Å². The van der Waals surface area contributed by atoms with Gasteiger partial charge in [-0.3, -0.25) is 9.36 Å². The lowest BCUT2D eigenvalue weighted by Crippen LogP contribution is -2.38. The highest BCUT2D eigenvalue weighted by molar-refractivity contribution is 9.10. The molecule has 1 aliphatic carbocycles. The van der Waals surface area contributed by atoms with Crippen LogP contribution in [0.25, 0.3) is 23.1 Å². The van der Waals surface area contributed by atoms with Crippen molar-refractivity contribution >= 4 is 45.0 Å². The maximum Gasteiger partial charge on any atom is 0.335 e. The Hall–Kier alpha value is -4.27. The number of thiazole rings is 1. The van der Waals surface area contributed by atoms with Gasteiger partial charge in [-0.15, -0.1) is 0 Å². The molecule has 3 heterocycles. The van der Waals surface area contributed by atoms with Crippen molar-refractivity contribution in [2.24, 2.45) is 4.99 Å². The number of halogens is 1. The third-order valence-corrected chi connectivity index (χ3v) is 8.89. The van der Waals surface area contributed by atoms with Crippen LogP contribution in [-0.4, -0.2) is 15.6 Å². The second-order valence-corrected chi connectivity index (χ2v) is 11.7. The molecule has 7 rings (SSSR count). The van der Waals surface area contributed by atoms with E-state index in [2.05, 4.69) is 46.3 Å². The van der Waals surface area contributed by atoms with E-state index >= 15 is 0 Å². The van der Waals surface area contributed by atoms with Crippen molar-refractivity contribution in [3.8, 4) is 11.3 Å². The van der Waals surface area contributed by atoms with Crippen LogP contribution in [0.4, 0.5) is 0 Å². The first kappa shape index (κ1) is 24.7. The van der Waals surface area contributed by atoms with E-state index in [9.17, 15) is 9.59 Å². The van der Waals surface area contributed by atoms with Crippen molar-refractivity contribution in [2.45, 2.75) is 18.9 Å². The highest BCUT2D eigenvalue weighted by Crippen LogP contribution is 2.41. The predicted octanol–water partition coefficient (Wildman–Crippen LogP) is 6.04. The first-order chi connectivity index (χ1) is 19.5. The van der Waals surface area contributed by atoms with Gasteiger partial charge in [0.1, 0.15) is 11.5 Å². The molecule has 3 aromatic carbocycles. The van der Waals surface area contributed by atoms with Gasteiger partial charge in [0.05, 0.1) is 21.8 Å². The third-order valence-electron chi connectivity index (χ3n) is 7.38. The third kappa shape index (κ3) is 4.20. The Morgan fingerprint density at radius 3 is 2.55 bits per heavy atom. The number of carboxylic acids is 1. The molecule has 1 atom stereocenters. The molecule has 0 unspecified atom stereocenters. The Labute approximate surface area is 241 Å². The minimum absolute atomic E-state index is 0.106. The van der Waals surface area contributed by atoms with Crippen LogP contribution in [0.2, 0.25) is 0 Å². The predicted molar refractivity (Wildman–Crippen MR) is 158 cm³/mol. The largest absolute Gasteiger partial charge is 0.478 e. The van der Waals surface area contributed by atoms with Crippen molar-refractivity contribution in [2.75, 3.05) is 0 Å². The van der Waals surface area contributed by atoms with Gasteiger partial charge in [-0.25, -0.2) is 9.79 Å². The number of nitrogens with zero attached hydrogens (tertiary/aromatic N) is 2. The number of furan rings is 1. The van der Waals surface area contributed by atoms with Gasteiger partial charge in [0.25, 0.3) is 5.56 Å². The number of rotatable bonds is 4. The number of aromatic carboxylic acids is 1. The molecular weight excluding hydrogens is 588 g/mol. The minimum Gasteiger partial charge on any atom is -0.478 e. The lowest BCUT2D eigenvalue weighted by molar-refractivity contribution is 0.0697. The summed E-state index contributed by atoms with van der Waals surface area (Å²) >= 11 is 4.90. The second-order valence-electron chi connectivity index (χ2n) is 9.75. The zero-order chi connectivity index (χ0) is 27.4. The molecule has 8 heteroatoms. The quantitative estimate of drug-likeness (QED) is 0.269. The molecule has 6 nitrogen and oxygen atoms in total. The van der Waals surface area contributed by atoms with Gasteiger partial charge < -0.3 is 9.52 Å². The molecular formula is C32H21BrN2O4S. The number of aromatic nitrogens is 1. The van der Waals surface area contributed by atoms with Gasteiger partial charge in [0.2, 0.25) is 0 Å². The Bertz CT molecular complexity index is 2010. The van der Waals surface area contributed by atoms with Crippen LogP contribution in [0, 0.1) is 0 Å². The topological polar surface area (TPSA) is 84.8 Å². The smallest absolute Gasteiger partial charge is 0.335 e. The summed E-state index contributed by atoms with van der Waals surface area (Å²) in [6, 6.07) is 26.4. The molecule has 40 heavy (non-hydrogen) atoms. The fourth-order valence-corrected chi connectivity index (χ4v) is 6.70. The maximum atomic E-state index is 13.9. The molecule has 5 aromatic rings. The van der Waals surface area contributed by atoms with E-state index in [1.165, 1.54) is 16.9 Å². The zero-order valence-electron chi connectivity index (χ0n) is 21.0. The summed E-state index contributed by atoms with van der Waals surface area (Å²) in [5, 5.41) is 9.16. The Morgan fingerprint density at radius 2 is 1.77 bits per heavy atom. The molecule has 196 valence electrons. The van der Waals surface area contributed by atoms with E-state index in [0.29, 0.717) is 20.9 Å². The van der Waals surface area contributed by atoms with Gasteiger partial charge in [0, 0.05) is 21.7 Å². The van der Waals surface area contributed by atoms with Gasteiger partial charge >= 0.3 is 5.97 Å². The monoisotopic (exact) mass is 608 g/mol. The van der Waals surface area contributed by atoms with Crippen LogP contribution < -0.4 is 14.9 Å². The van der Waals surface area contributed by atoms with Crippen LogP contribution >= 0.6 is 27.3 Å². The lowest BCUT2D eigenvalue weighted by atomic mass is 9.83. The molecule has 1 N–H and O–H groups in total. The maximum absolute atomic E-state index is 13.9. The Balaban J connectivity index is 1.36. The molecule has 2 aliphatic rings. The number of hydrogen-bond donors (Lipinski definition) is 1. The van der Waals surface area contributed by atoms with Crippen molar-refractivity contribution < 1.29 is 14.3 Å². The average molecular weight is 610 g/mol. The van der Waals surface area contributed by atoms with E-state index in [1.807, 2.05) is 34.9 Å². The van der Waals surface area contributed by atoms with Gasteiger partial charge in [-0.2, -0.15) is 0 Å². The summed E-state index contributed by atoms with van der Waals surface area (Å²) < 4.78 is 9.38. The molecule has 0 saturated heterocycles. The van der Waals surface area contributed by atoms with Gasteiger partial charge in [-0.05, 0) is 65.9 Å². The first-order valence-corrected chi connectivity index (χ1v) is 14.4. The van der Waals surface area contributed by atoms with Crippen LogP contribution in [0.5, 0.6) is 0 Å². The molecule has 0 fully saturated rings. The van der Waals surface area contributed by atoms with Crippen LogP contribution in [0.15, 0.2) is 109 Å². The van der Waals surface area contributed by atoms with E-state index in [4.69, 9.17) is 14.5 Å². The number of benzene rings is 3. The van der Waals surface area contributed by atoms with E-state index in [-0.39, 0.29) is 17.2 Å². The summed E-state index contributed by atoms with van der Waals surface area (Å²) in [5.41, 5.74) is 6.44. The molecule has 2 aromatic heterocycles. The summed E-state index contributed by atoms with van der Waals surface area (Å²) in [6.07, 6.45) is 3.50. The molecule has 1 aliphatic heterocycles. The second kappa shape index (κ2) is 9.73. The molecule has 0 amide bonds. The first-order valence-electron chi connectivity index (χ1n) is 12.8. The van der Waals surface area contributed by atoms with Gasteiger partial charge in [0.15, 0.2) is 4.80 Å². The summed E-state index contributed by atoms with van der Waals surface area (Å²) in [5.74, 6) is 0.154. The van der Waals surface area contributed by atoms with Crippen molar-refractivity contribution in [1.82, 2.24) is 4.57 Å². The van der Waals surface area contributed by atoms with E-state index in [0.717, 1.165) is 45.3 Å². The van der Waals surface area contributed by atoms with E-state index < -0.39 is 5.97 Å². The minimum atomic E-state index is -0.978. The van der Waals surface area contributed by atoms with Crippen molar-refractivity contribution in [3.63, 3.8) is 0 Å². The Morgan fingerprint density at radius 1 is 1.00 bits per heavy atom. The zero-order valence-corrected chi connectivity index (χ0v) is 23.4. The fourth-order valence-electron chi connectivity index (χ4n) is 5.46. The normalized spacial score (nSPS) is 16.2. The number of carbonyl (C=O) groups is 1. The van der Waals surface area contributed by atoms with Crippen molar-refractivity contribution in [3.05, 3.63) is 143 Å². The van der Waals surface area contributed by atoms with Crippen LogP contribution in [0.1, 0.15) is 45.3 Å². The number of hydrogen-bond acceptors (Lipinski definition) is 5. The summed E-state index contributed by atoms with van der Waals surface area (Å²) in [6.45, 7) is 0. The highest BCUT2D eigenvalue weighted by atomic mass is 79.9. The summed E-state index contributed by atoms with van der Waals surface area (Å²) in [4.78, 5) is 30.8. The molecule has 0 saturated carbocycles. The standard InChI is InChI=1S/C32H21BrN2O4S/c33-22-12-9-20(10-13-22)29-25-15-11-18-3-1-2-4-24(18)28(25)34-32-35(29)30(36)27(40-32)17-23-14-16-26(39-23)19-5-7-21(8-6-19)31(37)38/h1-10,12-14,16-17,29H,11,15H2,(H,37,38)/b27-17-/t29-/m0/s1. The molecule has 0 bridgehead atoms. The van der Waals surface area contributed by atoms with Crippen LogP contribution in [0.3, 0.4) is 0 Å². The number of carboxylic acid groups (broad SMARTS) is 1. The summed E-state index contributed by atoms with van der Waals surface area (Å²) in [7, 11) is 0. The average Bonchev–Trinajstić information content (AvgIpc) is 3.57. The fraction of sp³-hybridized carbons (Fsp3) is 0.0938. The molecule has 0 spiro atoms. The number of aryl methyl sites for hydroxylation is 1. The van der Waals surface area contributed by atoms with Crippen molar-refractivity contribution in [1.29, 1.82) is 0 Å².